The average Bonchev–Trinajstić information content (AvgIpc) is 1.87. The second-order valence-corrected chi connectivity index (χ2v) is 3.70. The summed E-state index contributed by atoms with van der Waals surface area (Å²) in [5.74, 6) is 0. The lowest BCUT2D eigenvalue weighted by atomic mass is 9.93. The molecule has 2 heteroatoms. The molecule has 0 atom stereocenters. The summed E-state index contributed by atoms with van der Waals surface area (Å²) < 4.78 is 0. The van der Waals surface area contributed by atoms with E-state index in [1.54, 1.807) is 0 Å². The second-order valence-electron chi connectivity index (χ2n) is 3.70. The minimum atomic E-state index is 0.269. The van der Waals surface area contributed by atoms with Crippen LogP contribution in [0, 0.1) is 5.41 Å². The topological polar surface area (TPSA) is 29.3 Å². The normalized spacial score (nSPS) is 12.6. The molecule has 0 bridgehead atoms. The number of hydrogen-bond donors (Lipinski definition) is 1. The molecule has 0 aromatic carbocycles. The molecule has 0 amide bonds. The molecule has 0 aromatic heterocycles. The predicted molar refractivity (Wildman–Crippen MR) is 46.0 cm³/mol. The number of nitrogens with two attached hydrogens (primary N) is 1. The fraction of sp³-hybridized carbons (Fsp3) is 1.00. The molecule has 0 unspecified atom stereocenters. The Morgan fingerprint density at radius 2 is 1.90 bits per heavy atom. The van der Waals surface area contributed by atoms with Gasteiger partial charge >= 0.3 is 0 Å². The number of rotatable bonds is 4. The van der Waals surface area contributed by atoms with E-state index < -0.39 is 0 Å². The van der Waals surface area contributed by atoms with E-state index in [9.17, 15) is 0 Å². The van der Waals surface area contributed by atoms with E-state index in [2.05, 4.69) is 32.7 Å². The molecular weight excluding hydrogens is 124 g/mol. The van der Waals surface area contributed by atoms with Crippen LogP contribution in [-0.4, -0.2) is 31.6 Å². The Kier molecular flexibility index (Phi) is 3.91. The van der Waals surface area contributed by atoms with Gasteiger partial charge in [-0.05, 0) is 25.6 Å². The summed E-state index contributed by atoms with van der Waals surface area (Å²) in [6.45, 7) is 9.49. The average molecular weight is 144 g/mol. The van der Waals surface area contributed by atoms with Crippen molar-refractivity contribution in [3.63, 3.8) is 0 Å². The first-order valence-corrected chi connectivity index (χ1v) is 3.90. The van der Waals surface area contributed by atoms with E-state index in [4.69, 9.17) is 5.73 Å². The van der Waals surface area contributed by atoms with Crippen molar-refractivity contribution in [1.82, 2.24) is 4.90 Å². The Morgan fingerprint density at radius 1 is 1.40 bits per heavy atom. The lowest BCUT2D eigenvalue weighted by Gasteiger charge is -2.27. The largest absolute Gasteiger partial charge is 0.330 e. The highest BCUT2D eigenvalue weighted by Crippen LogP contribution is 2.12. The van der Waals surface area contributed by atoms with E-state index in [1.807, 2.05) is 0 Å². The molecule has 0 spiro atoms. The molecular formula is C8H20N2. The van der Waals surface area contributed by atoms with Gasteiger partial charge in [0, 0.05) is 6.54 Å². The maximum Gasteiger partial charge on any atom is 0.00416 e. The summed E-state index contributed by atoms with van der Waals surface area (Å²) in [5.41, 5.74) is 5.85. The Morgan fingerprint density at radius 3 is 2.20 bits per heavy atom. The molecule has 0 saturated heterocycles. The summed E-state index contributed by atoms with van der Waals surface area (Å²) in [7, 11) is 2.12. The third-order valence-corrected chi connectivity index (χ3v) is 1.79. The Labute approximate surface area is 64.4 Å². The zero-order chi connectivity index (χ0) is 8.20. The van der Waals surface area contributed by atoms with E-state index >= 15 is 0 Å². The van der Waals surface area contributed by atoms with Crippen LogP contribution in [0.5, 0.6) is 0 Å². The molecule has 0 heterocycles. The lowest BCUT2D eigenvalue weighted by molar-refractivity contribution is 0.224. The van der Waals surface area contributed by atoms with Gasteiger partial charge in [0.2, 0.25) is 0 Å². The van der Waals surface area contributed by atoms with Crippen LogP contribution >= 0.6 is 0 Å². The van der Waals surface area contributed by atoms with Crippen molar-refractivity contribution in [3.05, 3.63) is 0 Å². The molecule has 0 aliphatic heterocycles. The molecule has 0 fully saturated rings. The molecule has 2 nitrogen and oxygen atoms in total. The van der Waals surface area contributed by atoms with E-state index in [0.717, 1.165) is 19.6 Å². The highest BCUT2D eigenvalue weighted by molar-refractivity contribution is 4.72. The number of hydrogen-bond acceptors (Lipinski definition) is 2. The van der Waals surface area contributed by atoms with Gasteiger partial charge in [-0.1, -0.05) is 20.8 Å². The van der Waals surface area contributed by atoms with Crippen molar-refractivity contribution < 1.29 is 0 Å². The molecule has 10 heavy (non-hydrogen) atoms. The van der Waals surface area contributed by atoms with Gasteiger partial charge in [-0.3, -0.25) is 0 Å². The van der Waals surface area contributed by atoms with Crippen LogP contribution in [0.2, 0.25) is 0 Å². The van der Waals surface area contributed by atoms with Crippen molar-refractivity contribution in [2.45, 2.75) is 20.8 Å². The monoisotopic (exact) mass is 144 g/mol. The first kappa shape index (κ1) is 9.92. The lowest BCUT2D eigenvalue weighted by Crippen LogP contribution is -2.36. The minimum absolute atomic E-state index is 0.269. The van der Waals surface area contributed by atoms with Crippen molar-refractivity contribution >= 4 is 0 Å². The molecule has 0 aliphatic rings. The maximum absolute atomic E-state index is 5.58. The summed E-state index contributed by atoms with van der Waals surface area (Å²) in [6, 6.07) is 0. The Hall–Kier alpha value is -0.0800. The molecule has 0 saturated carbocycles. The molecule has 2 N–H and O–H groups in total. The fourth-order valence-corrected chi connectivity index (χ4v) is 0.907. The van der Waals surface area contributed by atoms with Crippen LogP contribution in [0.1, 0.15) is 20.8 Å². The van der Waals surface area contributed by atoms with Crippen LogP contribution in [-0.2, 0) is 0 Å². The van der Waals surface area contributed by atoms with Crippen molar-refractivity contribution in [1.29, 1.82) is 0 Å². The van der Waals surface area contributed by atoms with Gasteiger partial charge in [0.1, 0.15) is 0 Å². The number of nitrogens with zero attached hydrogens (tertiary/aromatic N) is 1. The molecule has 62 valence electrons. The molecule has 0 rings (SSSR count). The minimum Gasteiger partial charge on any atom is -0.330 e. The Bertz CT molecular complexity index is 89.3. The van der Waals surface area contributed by atoms with Crippen molar-refractivity contribution in [2.75, 3.05) is 26.7 Å². The van der Waals surface area contributed by atoms with Crippen LogP contribution in [0.15, 0.2) is 0 Å². The smallest absolute Gasteiger partial charge is 0.00416 e. The third-order valence-electron chi connectivity index (χ3n) is 1.79. The third kappa shape index (κ3) is 3.85. The molecule has 0 radical (unpaired) electrons. The van der Waals surface area contributed by atoms with E-state index in [1.165, 1.54) is 0 Å². The SMILES string of the molecule is CCN(C)CC(C)(C)CN. The van der Waals surface area contributed by atoms with Gasteiger partial charge < -0.3 is 10.6 Å². The van der Waals surface area contributed by atoms with Gasteiger partial charge in [0.05, 0.1) is 0 Å². The fourth-order valence-electron chi connectivity index (χ4n) is 0.907. The zero-order valence-corrected chi connectivity index (χ0v) is 7.65. The first-order chi connectivity index (χ1) is 4.52. The first-order valence-electron chi connectivity index (χ1n) is 3.90. The highest BCUT2D eigenvalue weighted by Gasteiger charge is 2.16. The highest BCUT2D eigenvalue weighted by atomic mass is 15.1. The Balaban J connectivity index is 3.64. The zero-order valence-electron chi connectivity index (χ0n) is 7.65. The van der Waals surface area contributed by atoms with Gasteiger partial charge in [0.15, 0.2) is 0 Å². The van der Waals surface area contributed by atoms with E-state index in [-0.39, 0.29) is 5.41 Å². The summed E-state index contributed by atoms with van der Waals surface area (Å²) in [4.78, 5) is 2.28. The standard InChI is InChI=1S/C8H20N2/c1-5-10(4)7-8(2,3)6-9/h5-7,9H2,1-4H3. The second kappa shape index (κ2) is 3.94. The summed E-state index contributed by atoms with van der Waals surface area (Å²) in [5, 5.41) is 0. The van der Waals surface area contributed by atoms with Gasteiger partial charge in [-0.25, -0.2) is 0 Å². The van der Waals surface area contributed by atoms with Crippen LogP contribution in [0.3, 0.4) is 0 Å². The van der Waals surface area contributed by atoms with Crippen LogP contribution in [0.4, 0.5) is 0 Å². The predicted octanol–water partition coefficient (Wildman–Crippen LogP) is 0.923. The van der Waals surface area contributed by atoms with Gasteiger partial charge in [0.25, 0.3) is 0 Å². The van der Waals surface area contributed by atoms with Gasteiger partial charge in [-0.2, -0.15) is 0 Å². The maximum atomic E-state index is 5.58. The van der Waals surface area contributed by atoms with Crippen molar-refractivity contribution in [3.8, 4) is 0 Å². The quantitative estimate of drug-likeness (QED) is 0.636. The molecule has 0 aliphatic carbocycles. The van der Waals surface area contributed by atoms with Crippen LogP contribution < -0.4 is 5.73 Å². The summed E-state index contributed by atoms with van der Waals surface area (Å²) in [6.07, 6.45) is 0. The molecule has 0 aromatic rings. The van der Waals surface area contributed by atoms with Gasteiger partial charge in [-0.15, -0.1) is 0 Å². The van der Waals surface area contributed by atoms with Crippen molar-refractivity contribution in [2.24, 2.45) is 11.1 Å². The van der Waals surface area contributed by atoms with Crippen LogP contribution in [0.25, 0.3) is 0 Å². The summed E-state index contributed by atoms with van der Waals surface area (Å²) >= 11 is 0. The van der Waals surface area contributed by atoms with E-state index in [0.29, 0.717) is 0 Å².